The van der Waals surface area contributed by atoms with Gasteiger partial charge in [0, 0.05) is 31.3 Å². The van der Waals surface area contributed by atoms with Gasteiger partial charge in [-0.25, -0.2) is 4.98 Å². The number of aromatic nitrogens is 1. The maximum Gasteiger partial charge on any atom is 0.219 e. The molecule has 88 valence electrons. The van der Waals surface area contributed by atoms with Crippen LogP contribution in [0.15, 0.2) is 5.38 Å². The number of hydrogen-bond acceptors (Lipinski definition) is 3. The molecule has 0 saturated carbocycles. The molecule has 1 fully saturated rings. The molecule has 16 heavy (non-hydrogen) atoms. The van der Waals surface area contributed by atoms with Crippen LogP contribution in [0, 0.1) is 0 Å². The summed E-state index contributed by atoms with van der Waals surface area (Å²) in [6.07, 6.45) is 3.27. The maximum absolute atomic E-state index is 11.3. The van der Waals surface area contributed by atoms with E-state index in [1.807, 2.05) is 4.90 Å². The monoisotopic (exact) mass is 238 g/mol. The summed E-state index contributed by atoms with van der Waals surface area (Å²) in [5.74, 6) is 0.653. The Balaban J connectivity index is 2.06. The van der Waals surface area contributed by atoms with E-state index in [1.165, 1.54) is 17.1 Å². The van der Waals surface area contributed by atoms with E-state index in [9.17, 15) is 4.79 Å². The summed E-state index contributed by atoms with van der Waals surface area (Å²) in [6.45, 7) is 5.55. The molecule has 0 unspecified atom stereocenters. The number of carbonyl (C=O) groups is 1. The number of piperidine rings is 1. The molecule has 0 aromatic carbocycles. The van der Waals surface area contributed by atoms with Crippen LogP contribution in [-0.4, -0.2) is 28.9 Å². The Bertz CT molecular complexity index is 375. The largest absolute Gasteiger partial charge is 0.342 e. The van der Waals surface area contributed by atoms with Gasteiger partial charge >= 0.3 is 0 Å². The normalized spacial score (nSPS) is 21.1. The fourth-order valence-electron chi connectivity index (χ4n) is 2.14. The molecule has 4 heteroatoms. The highest BCUT2D eigenvalue weighted by Crippen LogP contribution is 2.29. The van der Waals surface area contributed by atoms with Gasteiger partial charge in [-0.3, -0.25) is 4.79 Å². The minimum absolute atomic E-state index is 0.192. The molecule has 1 aliphatic heterocycles. The molecule has 1 amide bonds. The summed E-state index contributed by atoms with van der Waals surface area (Å²) in [5, 5.41) is 3.35. The Morgan fingerprint density at radius 1 is 1.69 bits per heavy atom. The average Bonchev–Trinajstić information content (AvgIpc) is 2.77. The van der Waals surface area contributed by atoms with Gasteiger partial charge in [-0.2, -0.15) is 0 Å². The highest BCUT2D eigenvalue weighted by molar-refractivity contribution is 7.09. The first-order chi connectivity index (χ1) is 7.70. The van der Waals surface area contributed by atoms with Crippen molar-refractivity contribution in [2.24, 2.45) is 0 Å². The van der Waals surface area contributed by atoms with E-state index < -0.39 is 0 Å². The van der Waals surface area contributed by atoms with Crippen molar-refractivity contribution in [3.05, 3.63) is 16.1 Å². The molecule has 0 bridgehead atoms. The second-order valence-corrected chi connectivity index (χ2v) is 5.22. The van der Waals surface area contributed by atoms with Crippen LogP contribution in [0.1, 0.15) is 43.3 Å². The topological polar surface area (TPSA) is 33.2 Å². The molecule has 3 nitrogen and oxygen atoms in total. The molecule has 2 rings (SSSR count). The van der Waals surface area contributed by atoms with Crippen LogP contribution in [0.2, 0.25) is 0 Å². The van der Waals surface area contributed by atoms with Gasteiger partial charge in [-0.1, -0.05) is 6.92 Å². The van der Waals surface area contributed by atoms with Crippen molar-refractivity contribution < 1.29 is 4.79 Å². The number of thiazole rings is 1. The number of nitrogens with zero attached hydrogens (tertiary/aromatic N) is 2. The highest BCUT2D eigenvalue weighted by atomic mass is 32.1. The lowest BCUT2D eigenvalue weighted by atomic mass is 9.99. The molecule has 1 saturated heterocycles. The smallest absolute Gasteiger partial charge is 0.219 e. The van der Waals surface area contributed by atoms with E-state index in [-0.39, 0.29) is 5.91 Å². The number of aryl methyl sites for hydroxylation is 1. The van der Waals surface area contributed by atoms with Crippen LogP contribution in [0.25, 0.3) is 0 Å². The molecule has 0 N–H and O–H groups in total. The fraction of sp³-hybridized carbons (Fsp3) is 0.667. The van der Waals surface area contributed by atoms with E-state index in [0.29, 0.717) is 5.92 Å². The van der Waals surface area contributed by atoms with Gasteiger partial charge in [0.2, 0.25) is 5.91 Å². The van der Waals surface area contributed by atoms with E-state index in [1.54, 1.807) is 18.3 Å². The third-order valence-electron chi connectivity index (χ3n) is 3.15. The van der Waals surface area contributed by atoms with Gasteiger partial charge in [0.1, 0.15) is 0 Å². The van der Waals surface area contributed by atoms with Crippen molar-refractivity contribution in [2.45, 2.75) is 39.0 Å². The lowest BCUT2D eigenvalue weighted by Gasteiger charge is -2.30. The van der Waals surface area contributed by atoms with Crippen LogP contribution >= 0.6 is 11.3 Å². The predicted molar refractivity (Wildman–Crippen MR) is 65.7 cm³/mol. The molecule has 1 aromatic rings. The second kappa shape index (κ2) is 4.95. The van der Waals surface area contributed by atoms with Gasteiger partial charge in [0.05, 0.1) is 10.7 Å². The summed E-state index contributed by atoms with van der Waals surface area (Å²) in [7, 11) is 0. The molecule has 0 aliphatic carbocycles. The van der Waals surface area contributed by atoms with Crippen LogP contribution in [0.4, 0.5) is 0 Å². The van der Waals surface area contributed by atoms with E-state index in [0.717, 1.165) is 25.9 Å². The summed E-state index contributed by atoms with van der Waals surface area (Å²) < 4.78 is 0. The Morgan fingerprint density at radius 2 is 2.50 bits per heavy atom. The minimum atomic E-state index is 0.192. The maximum atomic E-state index is 11.3. The second-order valence-electron chi connectivity index (χ2n) is 4.33. The lowest BCUT2D eigenvalue weighted by Crippen LogP contribution is -2.37. The van der Waals surface area contributed by atoms with E-state index in [2.05, 4.69) is 17.3 Å². The van der Waals surface area contributed by atoms with Gasteiger partial charge in [0.25, 0.3) is 0 Å². The van der Waals surface area contributed by atoms with Crippen molar-refractivity contribution >= 4 is 17.2 Å². The van der Waals surface area contributed by atoms with Crippen molar-refractivity contribution in [3.63, 3.8) is 0 Å². The molecule has 1 aliphatic rings. The SMILES string of the molecule is CCc1csc([C@H]2CCCN(C(C)=O)C2)n1. The molecule has 1 aromatic heterocycles. The third kappa shape index (κ3) is 2.43. The predicted octanol–water partition coefficient (Wildman–Crippen LogP) is 2.43. The summed E-state index contributed by atoms with van der Waals surface area (Å²) in [5.41, 5.74) is 1.18. The number of rotatable bonds is 2. The standard InChI is InChI=1S/C12H18N2OS/c1-3-11-8-16-12(13-11)10-5-4-6-14(7-10)9(2)15/h8,10H,3-7H2,1-2H3/t10-/m0/s1. The van der Waals surface area contributed by atoms with E-state index >= 15 is 0 Å². The van der Waals surface area contributed by atoms with Crippen LogP contribution in [0.3, 0.4) is 0 Å². The van der Waals surface area contributed by atoms with Gasteiger partial charge in [-0.05, 0) is 19.3 Å². The fourth-order valence-corrected chi connectivity index (χ4v) is 3.17. The van der Waals surface area contributed by atoms with Crippen molar-refractivity contribution in [1.29, 1.82) is 0 Å². The Hall–Kier alpha value is -0.900. The van der Waals surface area contributed by atoms with Gasteiger partial charge in [-0.15, -0.1) is 11.3 Å². The number of amides is 1. The van der Waals surface area contributed by atoms with Crippen molar-refractivity contribution in [3.8, 4) is 0 Å². The third-order valence-corrected chi connectivity index (χ3v) is 4.20. The number of carbonyl (C=O) groups excluding carboxylic acids is 1. The van der Waals surface area contributed by atoms with Gasteiger partial charge in [0.15, 0.2) is 0 Å². The Labute approximate surface area is 100 Å². The first-order valence-electron chi connectivity index (χ1n) is 5.90. The quantitative estimate of drug-likeness (QED) is 0.793. The number of hydrogen-bond donors (Lipinski definition) is 0. The molecular weight excluding hydrogens is 220 g/mol. The van der Waals surface area contributed by atoms with Gasteiger partial charge < -0.3 is 4.90 Å². The zero-order valence-corrected chi connectivity index (χ0v) is 10.7. The first kappa shape index (κ1) is 11.6. The zero-order chi connectivity index (χ0) is 11.5. The highest BCUT2D eigenvalue weighted by Gasteiger charge is 2.24. The summed E-state index contributed by atoms with van der Waals surface area (Å²) in [4.78, 5) is 17.9. The minimum Gasteiger partial charge on any atom is -0.342 e. The molecule has 2 heterocycles. The van der Waals surface area contributed by atoms with E-state index in [4.69, 9.17) is 0 Å². The first-order valence-corrected chi connectivity index (χ1v) is 6.78. The van der Waals surface area contributed by atoms with Crippen LogP contribution in [0.5, 0.6) is 0 Å². The number of likely N-dealkylation sites (tertiary alicyclic amines) is 1. The molecule has 0 spiro atoms. The molecule has 0 radical (unpaired) electrons. The average molecular weight is 238 g/mol. The lowest BCUT2D eigenvalue weighted by molar-refractivity contribution is -0.130. The zero-order valence-electron chi connectivity index (χ0n) is 9.90. The Morgan fingerprint density at radius 3 is 3.12 bits per heavy atom. The van der Waals surface area contributed by atoms with Crippen molar-refractivity contribution in [1.82, 2.24) is 9.88 Å². The van der Waals surface area contributed by atoms with Crippen LogP contribution < -0.4 is 0 Å². The molecular formula is C12H18N2OS. The van der Waals surface area contributed by atoms with Crippen molar-refractivity contribution in [2.75, 3.05) is 13.1 Å². The summed E-state index contributed by atoms with van der Waals surface area (Å²) >= 11 is 1.75. The van der Waals surface area contributed by atoms with Crippen LogP contribution in [-0.2, 0) is 11.2 Å². The Kier molecular flexibility index (Phi) is 3.59. The summed E-state index contributed by atoms with van der Waals surface area (Å²) in [6, 6.07) is 0. The molecule has 1 atom stereocenters.